The van der Waals surface area contributed by atoms with E-state index in [2.05, 4.69) is 0 Å². The normalized spacial score (nSPS) is 21.7. The van der Waals surface area contributed by atoms with Crippen LogP contribution in [0.3, 0.4) is 0 Å². The maximum atomic E-state index is 12.2. The summed E-state index contributed by atoms with van der Waals surface area (Å²) in [6, 6.07) is 11.4. The highest BCUT2D eigenvalue weighted by atomic mass is 16.6. The lowest BCUT2D eigenvalue weighted by Crippen LogP contribution is -2.44. The van der Waals surface area contributed by atoms with Crippen molar-refractivity contribution < 1.29 is 18.7 Å². The van der Waals surface area contributed by atoms with Gasteiger partial charge in [-0.3, -0.25) is 0 Å². The van der Waals surface area contributed by atoms with Crippen molar-refractivity contribution in [2.24, 2.45) is 0 Å². The first-order chi connectivity index (χ1) is 9.26. The fraction of sp³-hybridized carbons (Fsp3) is 0.267. The van der Waals surface area contributed by atoms with Crippen LogP contribution in [0.2, 0.25) is 0 Å². The third-order valence-corrected chi connectivity index (χ3v) is 3.47. The van der Waals surface area contributed by atoms with Gasteiger partial charge in [0.15, 0.2) is 0 Å². The molecule has 0 saturated heterocycles. The van der Waals surface area contributed by atoms with Crippen molar-refractivity contribution in [3.8, 4) is 0 Å². The zero-order valence-corrected chi connectivity index (χ0v) is 10.6. The Hall–Kier alpha value is -2.07. The standard InChI is InChI=1S/C15H14O4/c1-17-14(16)15(13-7-4-8-18-13)9-11-5-2-3-6-12(11)10-19-15/h2-8H,9-10H2,1H3. The summed E-state index contributed by atoms with van der Waals surface area (Å²) in [5.41, 5.74) is 0.996. The number of carbonyl (C=O) groups excluding carboxylic acids is 1. The molecule has 4 heteroatoms. The molecule has 2 heterocycles. The Bertz CT molecular complexity index is 588. The topological polar surface area (TPSA) is 48.7 Å². The summed E-state index contributed by atoms with van der Waals surface area (Å²) < 4.78 is 16.1. The molecule has 0 bridgehead atoms. The van der Waals surface area contributed by atoms with Crippen LogP contribution in [0.1, 0.15) is 16.9 Å². The van der Waals surface area contributed by atoms with Crippen LogP contribution in [-0.2, 0) is 32.9 Å². The van der Waals surface area contributed by atoms with E-state index in [1.807, 2.05) is 24.3 Å². The van der Waals surface area contributed by atoms with E-state index in [4.69, 9.17) is 13.9 Å². The molecule has 19 heavy (non-hydrogen) atoms. The number of hydrogen-bond acceptors (Lipinski definition) is 4. The number of benzene rings is 1. The van der Waals surface area contributed by atoms with E-state index in [0.29, 0.717) is 18.8 Å². The average Bonchev–Trinajstić information content (AvgIpc) is 3.00. The van der Waals surface area contributed by atoms with Gasteiger partial charge in [-0.15, -0.1) is 0 Å². The van der Waals surface area contributed by atoms with Crippen LogP contribution in [0.15, 0.2) is 47.1 Å². The summed E-state index contributed by atoms with van der Waals surface area (Å²) in [4.78, 5) is 12.2. The van der Waals surface area contributed by atoms with E-state index in [1.54, 1.807) is 12.1 Å². The van der Waals surface area contributed by atoms with Gasteiger partial charge in [-0.05, 0) is 23.3 Å². The highest BCUT2D eigenvalue weighted by molar-refractivity contribution is 5.81. The Morgan fingerprint density at radius 2 is 2.00 bits per heavy atom. The van der Waals surface area contributed by atoms with Crippen molar-refractivity contribution in [2.45, 2.75) is 18.6 Å². The van der Waals surface area contributed by atoms with E-state index < -0.39 is 11.6 Å². The first kappa shape index (κ1) is 12.0. The molecule has 0 N–H and O–H groups in total. The van der Waals surface area contributed by atoms with Gasteiger partial charge in [-0.1, -0.05) is 24.3 Å². The molecule has 1 aliphatic heterocycles. The fourth-order valence-electron chi connectivity index (χ4n) is 2.45. The third kappa shape index (κ3) is 1.85. The van der Waals surface area contributed by atoms with E-state index in [0.717, 1.165) is 11.1 Å². The molecule has 1 atom stereocenters. The lowest BCUT2D eigenvalue weighted by Gasteiger charge is -2.34. The molecule has 1 aromatic heterocycles. The number of methoxy groups -OCH3 is 1. The Morgan fingerprint density at radius 1 is 1.21 bits per heavy atom. The highest BCUT2D eigenvalue weighted by Gasteiger charge is 2.48. The van der Waals surface area contributed by atoms with Gasteiger partial charge in [-0.25, -0.2) is 4.79 Å². The van der Waals surface area contributed by atoms with E-state index in [9.17, 15) is 4.79 Å². The van der Waals surface area contributed by atoms with Gasteiger partial charge in [0, 0.05) is 6.42 Å². The van der Waals surface area contributed by atoms with Gasteiger partial charge >= 0.3 is 5.97 Å². The minimum absolute atomic E-state index is 0.367. The summed E-state index contributed by atoms with van der Waals surface area (Å²) in [6.07, 6.45) is 1.95. The maximum absolute atomic E-state index is 12.2. The Balaban J connectivity index is 2.07. The van der Waals surface area contributed by atoms with Crippen LogP contribution in [0.4, 0.5) is 0 Å². The first-order valence-electron chi connectivity index (χ1n) is 6.09. The summed E-state index contributed by atoms with van der Waals surface area (Å²) >= 11 is 0. The number of rotatable bonds is 2. The quantitative estimate of drug-likeness (QED) is 0.776. The van der Waals surface area contributed by atoms with Gasteiger partial charge in [0.1, 0.15) is 5.76 Å². The van der Waals surface area contributed by atoms with Crippen molar-refractivity contribution >= 4 is 5.97 Å². The minimum Gasteiger partial charge on any atom is -0.467 e. The minimum atomic E-state index is -1.17. The monoisotopic (exact) mass is 258 g/mol. The van der Waals surface area contributed by atoms with Crippen molar-refractivity contribution in [3.05, 3.63) is 59.5 Å². The molecule has 3 rings (SSSR count). The van der Waals surface area contributed by atoms with Crippen LogP contribution in [-0.4, -0.2) is 13.1 Å². The lowest BCUT2D eigenvalue weighted by molar-refractivity contribution is -0.179. The molecule has 98 valence electrons. The summed E-state index contributed by atoms with van der Waals surface area (Å²) in [5.74, 6) is 0.0470. The van der Waals surface area contributed by atoms with Crippen molar-refractivity contribution in [3.63, 3.8) is 0 Å². The molecule has 0 aliphatic carbocycles. The van der Waals surface area contributed by atoms with Crippen molar-refractivity contribution in [1.82, 2.24) is 0 Å². The average molecular weight is 258 g/mol. The molecule has 1 aromatic carbocycles. The summed E-state index contributed by atoms with van der Waals surface area (Å²) in [5, 5.41) is 0. The zero-order chi connectivity index (χ0) is 13.3. The SMILES string of the molecule is COC(=O)C1(c2ccco2)Cc2ccccc2CO1. The third-order valence-electron chi connectivity index (χ3n) is 3.47. The van der Waals surface area contributed by atoms with Gasteiger partial charge in [-0.2, -0.15) is 0 Å². The van der Waals surface area contributed by atoms with E-state index in [-0.39, 0.29) is 0 Å². The van der Waals surface area contributed by atoms with E-state index in [1.165, 1.54) is 13.4 Å². The first-order valence-corrected chi connectivity index (χ1v) is 6.09. The number of hydrogen-bond donors (Lipinski definition) is 0. The second kappa shape index (κ2) is 4.55. The number of fused-ring (bicyclic) bond motifs is 1. The van der Waals surface area contributed by atoms with E-state index >= 15 is 0 Å². The Kier molecular flexibility index (Phi) is 2.87. The van der Waals surface area contributed by atoms with Crippen LogP contribution >= 0.6 is 0 Å². The molecule has 1 aliphatic rings. The van der Waals surface area contributed by atoms with Crippen molar-refractivity contribution in [2.75, 3.05) is 7.11 Å². The van der Waals surface area contributed by atoms with Gasteiger partial charge in [0.2, 0.25) is 5.60 Å². The van der Waals surface area contributed by atoms with Crippen LogP contribution in [0.25, 0.3) is 0 Å². The van der Waals surface area contributed by atoms with Crippen LogP contribution < -0.4 is 0 Å². The van der Waals surface area contributed by atoms with Gasteiger partial charge in [0.25, 0.3) is 0 Å². The molecule has 0 fully saturated rings. The molecule has 0 radical (unpaired) electrons. The number of ether oxygens (including phenoxy) is 2. The van der Waals surface area contributed by atoms with Gasteiger partial charge < -0.3 is 13.9 Å². The number of furan rings is 1. The van der Waals surface area contributed by atoms with Gasteiger partial charge in [0.05, 0.1) is 20.0 Å². The van der Waals surface area contributed by atoms with Crippen LogP contribution in [0, 0.1) is 0 Å². The molecule has 1 unspecified atom stereocenters. The molecular weight excluding hydrogens is 244 g/mol. The lowest BCUT2D eigenvalue weighted by atomic mass is 9.87. The highest BCUT2D eigenvalue weighted by Crippen LogP contribution is 2.37. The summed E-state index contributed by atoms with van der Waals surface area (Å²) in [7, 11) is 1.36. The molecule has 0 spiro atoms. The largest absolute Gasteiger partial charge is 0.467 e. The molecule has 2 aromatic rings. The predicted octanol–water partition coefficient (Wildman–Crippen LogP) is 2.42. The molecule has 4 nitrogen and oxygen atoms in total. The molecule has 0 amide bonds. The Labute approximate surface area is 110 Å². The summed E-state index contributed by atoms with van der Waals surface area (Å²) in [6.45, 7) is 0.367. The van der Waals surface area contributed by atoms with Crippen LogP contribution in [0.5, 0.6) is 0 Å². The Morgan fingerprint density at radius 3 is 2.68 bits per heavy atom. The fourth-order valence-corrected chi connectivity index (χ4v) is 2.45. The number of carbonyl (C=O) groups is 1. The maximum Gasteiger partial charge on any atom is 0.346 e. The number of esters is 1. The zero-order valence-electron chi connectivity index (χ0n) is 10.6. The smallest absolute Gasteiger partial charge is 0.346 e. The molecule has 0 saturated carbocycles. The van der Waals surface area contributed by atoms with Crippen molar-refractivity contribution in [1.29, 1.82) is 0 Å². The second-order valence-electron chi connectivity index (χ2n) is 4.53. The molecular formula is C15H14O4. The predicted molar refractivity (Wildman–Crippen MR) is 67.3 cm³/mol. The second-order valence-corrected chi connectivity index (χ2v) is 4.53.